The zero-order valence-corrected chi connectivity index (χ0v) is 8.19. The van der Waals surface area contributed by atoms with Gasteiger partial charge in [0.05, 0.1) is 5.56 Å². The van der Waals surface area contributed by atoms with Crippen molar-refractivity contribution in [1.82, 2.24) is 0 Å². The summed E-state index contributed by atoms with van der Waals surface area (Å²) in [6.45, 7) is 4.00. The summed E-state index contributed by atoms with van der Waals surface area (Å²) in [5.74, 6) is -0.907. The molecule has 1 aromatic carbocycles. The SMILES string of the molecule is CC.CNc1ccccc1C(=N)F. The van der Waals surface area contributed by atoms with Crippen molar-refractivity contribution in [2.24, 2.45) is 0 Å². The molecule has 0 atom stereocenters. The summed E-state index contributed by atoms with van der Waals surface area (Å²) in [6.07, 6.45) is 0. The summed E-state index contributed by atoms with van der Waals surface area (Å²) in [5.41, 5.74) is 0.940. The molecule has 3 heteroatoms. The largest absolute Gasteiger partial charge is 0.388 e. The van der Waals surface area contributed by atoms with Crippen LogP contribution in [0, 0.1) is 5.41 Å². The van der Waals surface area contributed by atoms with Crippen LogP contribution >= 0.6 is 0 Å². The molecule has 2 nitrogen and oxygen atoms in total. The second-order valence-corrected chi connectivity index (χ2v) is 2.11. The van der Waals surface area contributed by atoms with Gasteiger partial charge in [-0.15, -0.1) is 0 Å². The van der Waals surface area contributed by atoms with Crippen LogP contribution in [0.25, 0.3) is 0 Å². The van der Waals surface area contributed by atoms with Gasteiger partial charge >= 0.3 is 0 Å². The Bertz CT molecular complexity index is 271. The van der Waals surface area contributed by atoms with Crippen LogP contribution in [0.15, 0.2) is 24.3 Å². The lowest BCUT2D eigenvalue weighted by Crippen LogP contribution is -1.97. The number of para-hydroxylation sites is 1. The van der Waals surface area contributed by atoms with E-state index in [1.807, 2.05) is 13.8 Å². The Hall–Kier alpha value is -1.38. The fourth-order valence-electron chi connectivity index (χ4n) is 0.893. The van der Waals surface area contributed by atoms with E-state index in [-0.39, 0.29) is 0 Å². The lowest BCUT2D eigenvalue weighted by molar-refractivity contribution is 0.798. The second kappa shape index (κ2) is 6.17. The Morgan fingerprint density at radius 2 is 1.85 bits per heavy atom. The van der Waals surface area contributed by atoms with Crippen molar-refractivity contribution in [1.29, 1.82) is 5.41 Å². The van der Waals surface area contributed by atoms with Gasteiger partial charge in [-0.05, 0) is 12.1 Å². The summed E-state index contributed by atoms with van der Waals surface area (Å²) >= 11 is 0. The van der Waals surface area contributed by atoms with Gasteiger partial charge in [0.15, 0.2) is 0 Å². The minimum absolute atomic E-state index is 0.301. The first-order chi connectivity index (χ1) is 6.25. The van der Waals surface area contributed by atoms with E-state index in [0.717, 1.165) is 0 Å². The van der Waals surface area contributed by atoms with Gasteiger partial charge in [-0.1, -0.05) is 26.0 Å². The zero-order chi connectivity index (χ0) is 10.3. The number of nitrogens with one attached hydrogen (secondary N) is 2. The van der Waals surface area contributed by atoms with Crippen LogP contribution in [-0.2, 0) is 0 Å². The van der Waals surface area contributed by atoms with Crippen LogP contribution in [0.4, 0.5) is 10.1 Å². The Labute approximate surface area is 78.3 Å². The third-order valence-corrected chi connectivity index (χ3v) is 1.43. The first kappa shape index (κ1) is 11.6. The molecule has 0 heterocycles. The maximum absolute atomic E-state index is 12.4. The molecule has 2 N–H and O–H groups in total. The van der Waals surface area contributed by atoms with Gasteiger partial charge in [0.25, 0.3) is 0 Å². The summed E-state index contributed by atoms with van der Waals surface area (Å²) in [4.78, 5) is 0. The van der Waals surface area contributed by atoms with Crippen LogP contribution in [-0.4, -0.2) is 13.0 Å². The van der Waals surface area contributed by atoms with Crippen LogP contribution in [0.5, 0.6) is 0 Å². The van der Waals surface area contributed by atoms with E-state index in [2.05, 4.69) is 5.32 Å². The first-order valence-electron chi connectivity index (χ1n) is 4.27. The molecule has 0 saturated carbocycles. The molecule has 0 aliphatic carbocycles. The van der Waals surface area contributed by atoms with Crippen molar-refractivity contribution in [3.63, 3.8) is 0 Å². The molecule has 0 amide bonds. The van der Waals surface area contributed by atoms with E-state index in [1.54, 1.807) is 31.3 Å². The number of rotatable bonds is 2. The minimum Gasteiger partial charge on any atom is -0.388 e. The maximum atomic E-state index is 12.4. The molecule has 0 aliphatic heterocycles. The van der Waals surface area contributed by atoms with Crippen LogP contribution < -0.4 is 5.32 Å². The van der Waals surface area contributed by atoms with Crippen molar-refractivity contribution < 1.29 is 4.39 Å². The van der Waals surface area contributed by atoms with Gasteiger partial charge in [0, 0.05) is 12.7 Å². The van der Waals surface area contributed by atoms with E-state index in [0.29, 0.717) is 11.3 Å². The number of halogens is 1. The Kier molecular flexibility index (Phi) is 5.52. The number of anilines is 1. The van der Waals surface area contributed by atoms with Crippen LogP contribution in [0.3, 0.4) is 0 Å². The second-order valence-electron chi connectivity index (χ2n) is 2.11. The molecule has 1 aromatic rings. The van der Waals surface area contributed by atoms with Crippen molar-refractivity contribution in [3.05, 3.63) is 29.8 Å². The quantitative estimate of drug-likeness (QED) is 0.677. The molecule has 72 valence electrons. The number of hydrogen-bond donors (Lipinski definition) is 2. The third-order valence-electron chi connectivity index (χ3n) is 1.43. The zero-order valence-electron chi connectivity index (χ0n) is 8.19. The first-order valence-corrected chi connectivity index (χ1v) is 4.27. The molecule has 0 unspecified atom stereocenters. The maximum Gasteiger partial charge on any atom is 0.214 e. The summed E-state index contributed by atoms with van der Waals surface area (Å²) < 4.78 is 12.4. The molecule has 1 rings (SSSR count). The highest BCUT2D eigenvalue weighted by molar-refractivity contribution is 5.96. The summed E-state index contributed by atoms with van der Waals surface area (Å²) in [6, 6.07) is 6.78. The van der Waals surface area contributed by atoms with E-state index in [1.165, 1.54) is 0 Å². The Morgan fingerprint density at radius 3 is 2.23 bits per heavy atom. The van der Waals surface area contributed by atoms with E-state index < -0.39 is 5.97 Å². The van der Waals surface area contributed by atoms with Gasteiger partial charge in [0.1, 0.15) is 0 Å². The molecule has 0 spiro atoms. The smallest absolute Gasteiger partial charge is 0.214 e. The average molecular weight is 182 g/mol. The molecular formula is C10H15FN2. The highest BCUT2D eigenvalue weighted by Crippen LogP contribution is 2.14. The lowest BCUT2D eigenvalue weighted by Gasteiger charge is -2.03. The Morgan fingerprint density at radius 1 is 1.31 bits per heavy atom. The molecule has 0 aromatic heterocycles. The molecule has 0 saturated heterocycles. The minimum atomic E-state index is -0.907. The highest BCUT2D eigenvalue weighted by Gasteiger charge is 2.03. The molecule has 13 heavy (non-hydrogen) atoms. The fraction of sp³-hybridized carbons (Fsp3) is 0.300. The van der Waals surface area contributed by atoms with Gasteiger partial charge < -0.3 is 5.32 Å². The van der Waals surface area contributed by atoms with Crippen LogP contribution in [0.2, 0.25) is 0 Å². The fourth-order valence-corrected chi connectivity index (χ4v) is 0.893. The predicted octanol–water partition coefficient (Wildman–Crippen LogP) is 3.05. The predicted molar refractivity (Wildman–Crippen MR) is 55.3 cm³/mol. The topological polar surface area (TPSA) is 35.9 Å². The molecule has 0 aliphatic rings. The molecule has 0 radical (unpaired) electrons. The average Bonchev–Trinajstić information content (AvgIpc) is 2.20. The van der Waals surface area contributed by atoms with Gasteiger partial charge in [0.2, 0.25) is 5.97 Å². The van der Waals surface area contributed by atoms with Crippen molar-refractivity contribution >= 4 is 11.7 Å². The highest BCUT2D eigenvalue weighted by atomic mass is 19.1. The van der Waals surface area contributed by atoms with Crippen LogP contribution in [0.1, 0.15) is 19.4 Å². The molecule has 0 bridgehead atoms. The summed E-state index contributed by atoms with van der Waals surface area (Å²) in [5, 5.41) is 9.57. The monoisotopic (exact) mass is 182 g/mol. The Balaban J connectivity index is 0.000000671. The number of hydrogen-bond acceptors (Lipinski definition) is 2. The standard InChI is InChI=1S/C8H9FN2.C2H6/c1-11-7-5-3-2-4-6(7)8(9)10;1-2/h2-5,10-11H,1H3;1-2H3. The number of benzene rings is 1. The van der Waals surface area contributed by atoms with Crippen molar-refractivity contribution in [2.45, 2.75) is 13.8 Å². The summed E-state index contributed by atoms with van der Waals surface area (Å²) in [7, 11) is 1.70. The van der Waals surface area contributed by atoms with Gasteiger partial charge in [-0.2, -0.15) is 4.39 Å². The molecular weight excluding hydrogens is 167 g/mol. The lowest BCUT2D eigenvalue weighted by atomic mass is 10.2. The molecule has 0 fully saturated rings. The normalized spacial score (nSPS) is 8.31. The van der Waals surface area contributed by atoms with Crippen molar-refractivity contribution in [2.75, 3.05) is 12.4 Å². The van der Waals surface area contributed by atoms with Gasteiger partial charge in [-0.3, -0.25) is 5.41 Å². The van der Waals surface area contributed by atoms with E-state index in [9.17, 15) is 4.39 Å². The van der Waals surface area contributed by atoms with E-state index >= 15 is 0 Å². The van der Waals surface area contributed by atoms with Gasteiger partial charge in [-0.25, -0.2) is 0 Å². The van der Waals surface area contributed by atoms with Crippen molar-refractivity contribution in [3.8, 4) is 0 Å². The third kappa shape index (κ3) is 3.23. The van der Waals surface area contributed by atoms with E-state index in [4.69, 9.17) is 5.41 Å².